The molecule has 2 aromatic carbocycles. The fraction of sp³-hybridized carbons (Fsp3) is 0.105. The maximum absolute atomic E-state index is 5.54. The van der Waals surface area contributed by atoms with E-state index < -0.39 is 0 Å². The van der Waals surface area contributed by atoms with Gasteiger partial charge in [-0.3, -0.25) is 5.01 Å². The molecule has 3 nitrogen and oxygen atoms in total. The van der Waals surface area contributed by atoms with Crippen LogP contribution in [0.3, 0.4) is 0 Å². The average Bonchev–Trinajstić information content (AvgIpc) is 2.99. The van der Waals surface area contributed by atoms with Crippen molar-refractivity contribution in [1.29, 1.82) is 0 Å². The fourth-order valence-corrected chi connectivity index (χ4v) is 2.20. The van der Waals surface area contributed by atoms with Gasteiger partial charge in [-0.15, -0.1) is 0 Å². The van der Waals surface area contributed by atoms with E-state index in [1.165, 1.54) is 5.56 Å². The zero-order valence-electron chi connectivity index (χ0n) is 12.5. The van der Waals surface area contributed by atoms with Gasteiger partial charge >= 0.3 is 0 Å². The van der Waals surface area contributed by atoms with Gasteiger partial charge in [0.1, 0.15) is 11.5 Å². The van der Waals surface area contributed by atoms with Crippen molar-refractivity contribution in [3.8, 4) is 0 Å². The summed E-state index contributed by atoms with van der Waals surface area (Å²) in [6, 6.07) is 24.3. The summed E-state index contributed by atoms with van der Waals surface area (Å²) in [7, 11) is 0. The average molecular weight is 290 g/mol. The lowest BCUT2D eigenvalue weighted by Gasteiger charge is -2.19. The summed E-state index contributed by atoms with van der Waals surface area (Å²) >= 11 is 0. The largest absolute Gasteiger partial charge is 0.460 e. The van der Waals surface area contributed by atoms with Crippen LogP contribution in [-0.2, 0) is 6.54 Å². The highest BCUT2D eigenvalue weighted by atomic mass is 16.3. The van der Waals surface area contributed by atoms with E-state index in [9.17, 15) is 0 Å². The van der Waals surface area contributed by atoms with Crippen molar-refractivity contribution in [2.45, 2.75) is 13.5 Å². The highest BCUT2D eigenvalue weighted by Crippen LogP contribution is 2.17. The van der Waals surface area contributed by atoms with Crippen LogP contribution in [0, 0.1) is 6.92 Å². The van der Waals surface area contributed by atoms with E-state index in [-0.39, 0.29) is 0 Å². The van der Waals surface area contributed by atoms with E-state index in [1.54, 1.807) is 6.21 Å². The van der Waals surface area contributed by atoms with E-state index in [1.807, 2.05) is 72.6 Å². The van der Waals surface area contributed by atoms with Crippen LogP contribution in [0.4, 0.5) is 5.69 Å². The summed E-state index contributed by atoms with van der Waals surface area (Å²) in [5, 5.41) is 6.55. The molecule has 3 rings (SSSR count). The van der Waals surface area contributed by atoms with Gasteiger partial charge in [0.2, 0.25) is 0 Å². The van der Waals surface area contributed by atoms with Crippen LogP contribution in [0.5, 0.6) is 0 Å². The van der Waals surface area contributed by atoms with Crippen LogP contribution < -0.4 is 5.01 Å². The molecule has 22 heavy (non-hydrogen) atoms. The molecule has 0 bridgehead atoms. The first kappa shape index (κ1) is 14.1. The molecule has 0 saturated carbocycles. The molecule has 0 radical (unpaired) electrons. The van der Waals surface area contributed by atoms with Gasteiger partial charge in [0.25, 0.3) is 0 Å². The van der Waals surface area contributed by atoms with Crippen LogP contribution >= 0.6 is 0 Å². The molecule has 110 valence electrons. The molecule has 3 heteroatoms. The second kappa shape index (κ2) is 6.76. The van der Waals surface area contributed by atoms with Crippen LogP contribution in [-0.4, -0.2) is 6.21 Å². The Hall–Kier alpha value is -2.81. The fourth-order valence-electron chi connectivity index (χ4n) is 2.20. The third-order valence-corrected chi connectivity index (χ3v) is 3.31. The Bertz CT molecular complexity index is 732. The van der Waals surface area contributed by atoms with E-state index in [4.69, 9.17) is 4.42 Å². The Morgan fingerprint density at radius 2 is 1.59 bits per heavy atom. The molecular weight excluding hydrogens is 272 g/mol. The molecule has 0 fully saturated rings. The number of hydrogen-bond acceptors (Lipinski definition) is 3. The number of hydrazone groups is 1. The third kappa shape index (κ3) is 3.64. The summed E-state index contributed by atoms with van der Waals surface area (Å²) in [6.07, 6.45) is 1.75. The maximum Gasteiger partial charge on any atom is 0.147 e. The first-order valence-electron chi connectivity index (χ1n) is 7.28. The molecule has 3 aromatic rings. The Kier molecular flexibility index (Phi) is 4.35. The minimum absolute atomic E-state index is 0.709. The predicted octanol–water partition coefficient (Wildman–Crippen LogP) is 4.63. The summed E-state index contributed by atoms with van der Waals surface area (Å²) < 4.78 is 5.54. The standard InChI is InChI=1S/C19H18N2O/c1-16-12-13-19(22-16)14-20-21(18-10-6-3-7-11-18)15-17-8-4-2-5-9-17/h2-14H,15H2,1H3. The van der Waals surface area contributed by atoms with E-state index in [0.717, 1.165) is 17.2 Å². The van der Waals surface area contributed by atoms with E-state index in [0.29, 0.717) is 6.54 Å². The Labute approximate surface area is 130 Å². The molecular formula is C19H18N2O. The molecule has 1 aromatic heterocycles. The van der Waals surface area contributed by atoms with Crippen molar-refractivity contribution in [3.05, 3.63) is 89.9 Å². The molecule has 0 N–H and O–H groups in total. The molecule has 0 unspecified atom stereocenters. The molecule has 0 aliphatic carbocycles. The maximum atomic E-state index is 5.54. The van der Waals surface area contributed by atoms with Crippen LogP contribution in [0.25, 0.3) is 0 Å². The first-order chi connectivity index (χ1) is 10.8. The lowest BCUT2D eigenvalue weighted by molar-refractivity contribution is 0.527. The molecule has 0 aliphatic heterocycles. The number of furan rings is 1. The minimum atomic E-state index is 0.709. The van der Waals surface area contributed by atoms with Crippen molar-refractivity contribution < 1.29 is 4.42 Å². The SMILES string of the molecule is Cc1ccc(C=NN(Cc2ccccc2)c2ccccc2)o1. The van der Waals surface area contributed by atoms with Gasteiger partial charge in [0.05, 0.1) is 18.4 Å². The second-order valence-electron chi connectivity index (χ2n) is 5.07. The second-order valence-corrected chi connectivity index (χ2v) is 5.07. The summed E-state index contributed by atoms with van der Waals surface area (Å²) in [4.78, 5) is 0. The van der Waals surface area contributed by atoms with Gasteiger partial charge in [0.15, 0.2) is 0 Å². The number of benzene rings is 2. The van der Waals surface area contributed by atoms with Gasteiger partial charge in [0, 0.05) is 0 Å². The zero-order chi connectivity index (χ0) is 15.2. The molecule has 0 aliphatic rings. The summed E-state index contributed by atoms with van der Waals surface area (Å²) in [6.45, 7) is 2.64. The van der Waals surface area contributed by atoms with Crippen LogP contribution in [0.15, 0.2) is 82.3 Å². The van der Waals surface area contributed by atoms with Gasteiger partial charge in [-0.1, -0.05) is 48.5 Å². The lowest BCUT2D eigenvalue weighted by atomic mass is 10.2. The number of rotatable bonds is 5. The topological polar surface area (TPSA) is 28.7 Å². The number of aryl methyl sites for hydroxylation is 1. The number of anilines is 1. The lowest BCUT2D eigenvalue weighted by Crippen LogP contribution is -2.15. The Morgan fingerprint density at radius 3 is 2.23 bits per heavy atom. The number of nitrogens with zero attached hydrogens (tertiary/aromatic N) is 2. The van der Waals surface area contributed by atoms with Crippen molar-refractivity contribution in [2.24, 2.45) is 5.10 Å². The highest BCUT2D eigenvalue weighted by Gasteiger charge is 2.05. The monoisotopic (exact) mass is 290 g/mol. The van der Waals surface area contributed by atoms with Crippen molar-refractivity contribution in [2.75, 3.05) is 5.01 Å². The zero-order valence-corrected chi connectivity index (χ0v) is 12.5. The number of hydrogen-bond donors (Lipinski definition) is 0. The smallest absolute Gasteiger partial charge is 0.147 e. The first-order valence-corrected chi connectivity index (χ1v) is 7.28. The highest BCUT2D eigenvalue weighted by molar-refractivity contribution is 5.76. The van der Waals surface area contributed by atoms with Crippen molar-refractivity contribution >= 4 is 11.9 Å². The van der Waals surface area contributed by atoms with Gasteiger partial charge < -0.3 is 4.42 Å². The molecule has 1 heterocycles. The number of para-hydroxylation sites is 1. The molecule has 0 amide bonds. The molecule has 0 atom stereocenters. The van der Waals surface area contributed by atoms with Gasteiger partial charge in [-0.2, -0.15) is 5.10 Å². The van der Waals surface area contributed by atoms with Gasteiger partial charge in [-0.25, -0.2) is 0 Å². The van der Waals surface area contributed by atoms with Crippen LogP contribution in [0.1, 0.15) is 17.1 Å². The normalized spacial score (nSPS) is 11.0. The van der Waals surface area contributed by atoms with E-state index in [2.05, 4.69) is 17.2 Å². The minimum Gasteiger partial charge on any atom is -0.460 e. The Balaban J connectivity index is 1.84. The summed E-state index contributed by atoms with van der Waals surface area (Å²) in [5.74, 6) is 1.64. The predicted molar refractivity (Wildman–Crippen MR) is 90.1 cm³/mol. The molecule has 0 saturated heterocycles. The van der Waals surface area contributed by atoms with Crippen molar-refractivity contribution in [1.82, 2.24) is 0 Å². The quantitative estimate of drug-likeness (QED) is 0.506. The van der Waals surface area contributed by atoms with Gasteiger partial charge in [-0.05, 0) is 36.8 Å². The third-order valence-electron chi connectivity index (χ3n) is 3.31. The van der Waals surface area contributed by atoms with Crippen LogP contribution in [0.2, 0.25) is 0 Å². The van der Waals surface area contributed by atoms with E-state index >= 15 is 0 Å². The summed E-state index contributed by atoms with van der Waals surface area (Å²) in [5.41, 5.74) is 2.25. The Morgan fingerprint density at radius 1 is 0.909 bits per heavy atom. The van der Waals surface area contributed by atoms with Crippen molar-refractivity contribution in [3.63, 3.8) is 0 Å². The molecule has 0 spiro atoms.